The van der Waals surface area contributed by atoms with Crippen LogP contribution in [-0.4, -0.2) is 23.9 Å². The van der Waals surface area contributed by atoms with E-state index in [0.29, 0.717) is 10.0 Å². The smallest absolute Gasteiger partial charge is 0.319 e. The minimum absolute atomic E-state index is 0.0973. The van der Waals surface area contributed by atoms with Gasteiger partial charge in [-0.05, 0) is 40.5 Å². The number of imide groups is 1. The molecule has 20 heavy (non-hydrogen) atoms. The number of nitrogens with one attached hydrogen (secondary N) is 3. The van der Waals surface area contributed by atoms with E-state index in [9.17, 15) is 18.8 Å². The molecule has 1 aromatic carbocycles. The van der Waals surface area contributed by atoms with Crippen LogP contribution in [0.1, 0.15) is 12.0 Å². The average molecular weight is 344 g/mol. The Morgan fingerprint density at radius 3 is 2.75 bits per heavy atom. The molecule has 0 aromatic heterocycles. The molecule has 1 aliphatic rings. The van der Waals surface area contributed by atoms with Gasteiger partial charge in [-0.25, -0.2) is 9.18 Å². The quantitative estimate of drug-likeness (QED) is 0.710. The van der Waals surface area contributed by atoms with Crippen LogP contribution >= 0.6 is 15.9 Å². The van der Waals surface area contributed by atoms with Crippen molar-refractivity contribution >= 4 is 39.5 Å². The van der Waals surface area contributed by atoms with Gasteiger partial charge < -0.3 is 10.6 Å². The maximum atomic E-state index is 13.4. The first-order valence-corrected chi connectivity index (χ1v) is 6.53. The largest absolute Gasteiger partial charge is 0.326 e. The van der Waals surface area contributed by atoms with Crippen LogP contribution in [0.4, 0.5) is 14.9 Å². The summed E-state index contributed by atoms with van der Waals surface area (Å²) in [6, 6.07) is 1.11. The van der Waals surface area contributed by atoms with E-state index >= 15 is 0 Å². The van der Waals surface area contributed by atoms with Gasteiger partial charge in [-0.15, -0.1) is 0 Å². The van der Waals surface area contributed by atoms with E-state index in [1.54, 1.807) is 6.92 Å². The molecular formula is C12H11BrFN3O3. The molecule has 0 spiro atoms. The van der Waals surface area contributed by atoms with Gasteiger partial charge in [0.1, 0.15) is 11.9 Å². The van der Waals surface area contributed by atoms with Crippen molar-refractivity contribution in [2.45, 2.75) is 19.4 Å². The summed E-state index contributed by atoms with van der Waals surface area (Å²) >= 11 is 3.04. The molecule has 3 N–H and O–H groups in total. The molecule has 106 valence electrons. The fourth-order valence-electron chi connectivity index (χ4n) is 1.77. The molecule has 0 aliphatic carbocycles. The normalized spacial score (nSPS) is 17.9. The molecule has 0 bridgehead atoms. The van der Waals surface area contributed by atoms with E-state index in [1.807, 2.05) is 0 Å². The molecule has 1 aromatic rings. The lowest BCUT2D eigenvalue weighted by molar-refractivity contribution is -0.125. The van der Waals surface area contributed by atoms with Crippen LogP contribution in [-0.2, 0) is 9.59 Å². The van der Waals surface area contributed by atoms with Gasteiger partial charge in [0.05, 0.1) is 10.9 Å². The number of urea groups is 1. The molecule has 1 fully saturated rings. The Hall–Kier alpha value is -1.96. The number of aryl methyl sites for hydroxylation is 1. The zero-order valence-corrected chi connectivity index (χ0v) is 12.0. The Balaban J connectivity index is 2.03. The minimum Gasteiger partial charge on any atom is -0.326 e. The predicted molar refractivity (Wildman–Crippen MR) is 72.5 cm³/mol. The second-order valence-electron chi connectivity index (χ2n) is 4.35. The summed E-state index contributed by atoms with van der Waals surface area (Å²) in [5.74, 6) is -1.50. The summed E-state index contributed by atoms with van der Waals surface area (Å²) in [6.07, 6.45) is -0.0973. The number of carbonyl (C=O) groups is 3. The van der Waals surface area contributed by atoms with E-state index in [4.69, 9.17) is 0 Å². The maximum absolute atomic E-state index is 13.4. The Bertz CT molecular complexity index is 606. The van der Waals surface area contributed by atoms with E-state index in [2.05, 4.69) is 31.9 Å². The summed E-state index contributed by atoms with van der Waals surface area (Å²) in [4.78, 5) is 34.0. The van der Waals surface area contributed by atoms with E-state index in [0.717, 1.165) is 0 Å². The van der Waals surface area contributed by atoms with Gasteiger partial charge in [0.2, 0.25) is 11.8 Å². The Kier molecular flexibility index (Phi) is 4.03. The lowest BCUT2D eigenvalue weighted by atomic mass is 10.2. The predicted octanol–water partition coefficient (Wildman–Crippen LogP) is 1.43. The highest BCUT2D eigenvalue weighted by Gasteiger charge is 2.31. The monoisotopic (exact) mass is 343 g/mol. The summed E-state index contributed by atoms with van der Waals surface area (Å²) in [5, 5.41) is 6.87. The first kappa shape index (κ1) is 14.4. The zero-order valence-electron chi connectivity index (χ0n) is 10.4. The maximum Gasteiger partial charge on any atom is 0.319 e. The molecule has 1 aliphatic heterocycles. The number of rotatable bonds is 2. The molecule has 2 rings (SSSR count). The lowest BCUT2D eigenvalue weighted by Crippen LogP contribution is -2.42. The third kappa shape index (κ3) is 3.13. The Morgan fingerprint density at radius 1 is 1.45 bits per heavy atom. The third-order valence-electron chi connectivity index (χ3n) is 2.79. The van der Waals surface area contributed by atoms with Crippen molar-refractivity contribution in [3.63, 3.8) is 0 Å². The van der Waals surface area contributed by atoms with Crippen molar-refractivity contribution in [1.29, 1.82) is 0 Å². The van der Waals surface area contributed by atoms with Crippen LogP contribution in [0.5, 0.6) is 0 Å². The van der Waals surface area contributed by atoms with Crippen molar-refractivity contribution in [1.82, 2.24) is 10.6 Å². The zero-order chi connectivity index (χ0) is 14.9. The molecule has 1 unspecified atom stereocenters. The van der Waals surface area contributed by atoms with Crippen molar-refractivity contribution in [3.05, 3.63) is 28.0 Å². The first-order chi connectivity index (χ1) is 9.36. The van der Waals surface area contributed by atoms with Crippen LogP contribution < -0.4 is 16.0 Å². The van der Waals surface area contributed by atoms with E-state index in [1.165, 1.54) is 12.1 Å². The van der Waals surface area contributed by atoms with Gasteiger partial charge in [-0.3, -0.25) is 14.9 Å². The highest BCUT2D eigenvalue weighted by atomic mass is 79.9. The summed E-state index contributed by atoms with van der Waals surface area (Å²) < 4.78 is 13.7. The highest BCUT2D eigenvalue weighted by molar-refractivity contribution is 9.10. The van der Waals surface area contributed by atoms with Crippen LogP contribution in [0, 0.1) is 12.7 Å². The number of hydrogen-bond acceptors (Lipinski definition) is 3. The standard InChI is InChI=1S/C12H11BrFN3O3/c1-5-2-6(13)7(14)3-8(5)15-12(20)16-9-4-10(18)17-11(9)19/h2-3,9H,4H2,1H3,(H2,15,16,20)(H,17,18,19). The van der Waals surface area contributed by atoms with Gasteiger partial charge in [-0.2, -0.15) is 0 Å². The Morgan fingerprint density at radius 2 is 2.15 bits per heavy atom. The van der Waals surface area contributed by atoms with Gasteiger partial charge in [0.15, 0.2) is 0 Å². The van der Waals surface area contributed by atoms with Gasteiger partial charge in [0, 0.05) is 5.69 Å². The highest BCUT2D eigenvalue weighted by Crippen LogP contribution is 2.23. The lowest BCUT2D eigenvalue weighted by Gasteiger charge is -2.13. The second kappa shape index (κ2) is 5.58. The van der Waals surface area contributed by atoms with Gasteiger partial charge >= 0.3 is 6.03 Å². The fraction of sp³-hybridized carbons (Fsp3) is 0.250. The molecule has 1 heterocycles. The number of hydrogen-bond donors (Lipinski definition) is 3. The van der Waals surface area contributed by atoms with Crippen molar-refractivity contribution in [3.8, 4) is 0 Å². The number of benzene rings is 1. The number of anilines is 1. The molecule has 1 saturated heterocycles. The second-order valence-corrected chi connectivity index (χ2v) is 5.20. The number of amides is 4. The summed E-state index contributed by atoms with van der Waals surface area (Å²) in [7, 11) is 0. The minimum atomic E-state index is -0.900. The summed E-state index contributed by atoms with van der Waals surface area (Å²) in [6.45, 7) is 1.70. The molecular weight excluding hydrogens is 333 g/mol. The van der Waals surface area contributed by atoms with Crippen LogP contribution in [0.3, 0.4) is 0 Å². The Labute approximate surface area is 122 Å². The average Bonchev–Trinajstić information content (AvgIpc) is 2.64. The fourth-order valence-corrected chi connectivity index (χ4v) is 2.23. The van der Waals surface area contributed by atoms with Crippen LogP contribution in [0.15, 0.2) is 16.6 Å². The van der Waals surface area contributed by atoms with Crippen molar-refractivity contribution in [2.24, 2.45) is 0 Å². The van der Waals surface area contributed by atoms with Crippen molar-refractivity contribution < 1.29 is 18.8 Å². The van der Waals surface area contributed by atoms with Gasteiger partial charge in [-0.1, -0.05) is 0 Å². The van der Waals surface area contributed by atoms with Crippen LogP contribution in [0.25, 0.3) is 0 Å². The topological polar surface area (TPSA) is 87.3 Å². The molecule has 0 saturated carbocycles. The van der Waals surface area contributed by atoms with Gasteiger partial charge in [0.25, 0.3) is 0 Å². The number of carbonyl (C=O) groups excluding carboxylic acids is 3. The molecule has 6 nitrogen and oxygen atoms in total. The molecule has 0 radical (unpaired) electrons. The molecule has 1 atom stereocenters. The number of halogens is 2. The summed E-state index contributed by atoms with van der Waals surface area (Å²) in [5.41, 5.74) is 0.938. The first-order valence-electron chi connectivity index (χ1n) is 5.73. The molecule has 4 amide bonds. The van der Waals surface area contributed by atoms with E-state index in [-0.39, 0.29) is 12.1 Å². The van der Waals surface area contributed by atoms with Crippen molar-refractivity contribution in [2.75, 3.05) is 5.32 Å². The van der Waals surface area contributed by atoms with Crippen LogP contribution in [0.2, 0.25) is 0 Å². The third-order valence-corrected chi connectivity index (χ3v) is 3.40. The molecule has 8 heteroatoms. The van der Waals surface area contributed by atoms with E-state index < -0.39 is 29.7 Å². The SMILES string of the molecule is Cc1cc(Br)c(F)cc1NC(=O)NC1CC(=O)NC1=O.